The van der Waals surface area contributed by atoms with Crippen LogP contribution in [0.25, 0.3) is 71.7 Å². The van der Waals surface area contributed by atoms with Gasteiger partial charge >= 0.3 is 0 Å². The van der Waals surface area contributed by atoms with Crippen LogP contribution in [0.1, 0.15) is 22.7 Å². The number of fused-ring (bicyclic) bond motifs is 12. The molecular weight excluding hydrogens is 625 g/mol. The van der Waals surface area contributed by atoms with E-state index in [1.165, 1.54) is 33.2 Å². The van der Waals surface area contributed by atoms with Crippen molar-refractivity contribution >= 4 is 55.1 Å². The van der Waals surface area contributed by atoms with Gasteiger partial charge in [0.15, 0.2) is 6.04 Å². The van der Waals surface area contributed by atoms with Gasteiger partial charge in [-0.2, -0.15) is 10.5 Å². The topological polar surface area (TPSA) is 65.7 Å². The number of para-hydroxylation sites is 4. The normalized spacial score (nSPS) is 17.2. The zero-order valence-corrected chi connectivity index (χ0v) is 27.3. The fourth-order valence-electron chi connectivity index (χ4n) is 8.94. The quantitative estimate of drug-likeness (QED) is 0.141. The molecule has 7 aromatic carbocycles. The van der Waals surface area contributed by atoms with Crippen LogP contribution in [0, 0.1) is 22.7 Å². The van der Waals surface area contributed by atoms with Crippen LogP contribution in [0.15, 0.2) is 150 Å². The van der Waals surface area contributed by atoms with Crippen molar-refractivity contribution < 1.29 is 4.42 Å². The van der Waals surface area contributed by atoms with Crippen molar-refractivity contribution in [3.63, 3.8) is 0 Å². The third-order valence-electron chi connectivity index (χ3n) is 11.2. The van der Waals surface area contributed by atoms with Crippen LogP contribution in [0.3, 0.4) is 0 Å². The van der Waals surface area contributed by atoms with Crippen LogP contribution in [0.2, 0.25) is 0 Å². The molecule has 1 saturated heterocycles. The molecule has 0 bridgehead atoms. The Hall–Kier alpha value is -6.92. The van der Waals surface area contributed by atoms with E-state index in [0.29, 0.717) is 15.6 Å². The number of nitrogens with zero attached hydrogens (tertiary/aromatic N) is 4. The third kappa shape index (κ3) is 3.70. The monoisotopic (exact) mass is 651 g/mol. The lowest BCUT2D eigenvalue weighted by atomic mass is 9.89. The van der Waals surface area contributed by atoms with E-state index < -0.39 is 0 Å². The van der Waals surface area contributed by atoms with Gasteiger partial charge in [0.05, 0.1) is 40.0 Å². The molecule has 4 heterocycles. The molecule has 2 aliphatic rings. The number of benzene rings is 7. The first-order valence-electron chi connectivity index (χ1n) is 17.2. The molecule has 11 rings (SSSR count). The highest BCUT2D eigenvalue weighted by atomic mass is 16.3. The van der Waals surface area contributed by atoms with Gasteiger partial charge in [-0.1, -0.05) is 66.7 Å². The predicted octanol–water partition coefficient (Wildman–Crippen LogP) is 11.5. The molecule has 9 aromatic rings. The molecule has 2 atom stereocenters. The Morgan fingerprint density at radius 2 is 1.16 bits per heavy atom. The highest BCUT2D eigenvalue weighted by molar-refractivity contribution is 6.11. The molecule has 2 aromatic heterocycles. The van der Waals surface area contributed by atoms with Gasteiger partial charge < -0.3 is 8.98 Å². The Morgan fingerprint density at radius 1 is 0.529 bits per heavy atom. The molecule has 51 heavy (non-hydrogen) atoms. The highest BCUT2D eigenvalue weighted by Crippen LogP contribution is 2.65. The molecular formula is C46H27N4O+. The molecule has 0 aliphatic carbocycles. The molecule has 2 aliphatic heterocycles. The van der Waals surface area contributed by atoms with Crippen molar-refractivity contribution in [2.24, 2.45) is 0 Å². The van der Waals surface area contributed by atoms with Crippen LogP contribution < -0.4 is 4.48 Å². The lowest BCUT2D eigenvalue weighted by Gasteiger charge is -2.30. The van der Waals surface area contributed by atoms with Crippen molar-refractivity contribution in [3.8, 4) is 40.1 Å². The van der Waals surface area contributed by atoms with Crippen molar-refractivity contribution in [2.45, 2.75) is 6.04 Å². The summed E-state index contributed by atoms with van der Waals surface area (Å²) in [6, 6.07) is 55.6. The van der Waals surface area contributed by atoms with E-state index in [9.17, 15) is 10.5 Å². The number of hydrogen-bond donors (Lipinski definition) is 0. The summed E-state index contributed by atoms with van der Waals surface area (Å²) < 4.78 is 9.34. The zero-order valence-electron chi connectivity index (χ0n) is 27.3. The van der Waals surface area contributed by atoms with Gasteiger partial charge in [0.25, 0.3) is 0 Å². The largest absolute Gasteiger partial charge is 0.456 e. The highest BCUT2D eigenvalue weighted by Gasteiger charge is 2.64. The van der Waals surface area contributed by atoms with E-state index in [1.54, 1.807) is 0 Å². The number of nitriles is 2. The van der Waals surface area contributed by atoms with E-state index in [4.69, 9.17) is 4.42 Å². The van der Waals surface area contributed by atoms with E-state index in [2.05, 4.69) is 126 Å². The van der Waals surface area contributed by atoms with Gasteiger partial charge in [0, 0.05) is 55.9 Å². The molecule has 0 radical (unpaired) electrons. The summed E-state index contributed by atoms with van der Waals surface area (Å²) in [5.74, 6) is 0. The maximum atomic E-state index is 10.2. The van der Waals surface area contributed by atoms with Gasteiger partial charge in [-0.25, -0.2) is 4.48 Å². The molecule has 0 saturated carbocycles. The number of aromatic nitrogens is 1. The average molecular weight is 652 g/mol. The second-order valence-electron chi connectivity index (χ2n) is 13.7. The molecule has 0 N–H and O–H groups in total. The van der Waals surface area contributed by atoms with Crippen LogP contribution in [0.5, 0.6) is 0 Å². The number of rotatable bonds is 3. The predicted molar refractivity (Wildman–Crippen MR) is 204 cm³/mol. The Kier molecular flexibility index (Phi) is 5.52. The summed E-state index contributed by atoms with van der Waals surface area (Å²) in [6.07, 6.45) is 0. The van der Waals surface area contributed by atoms with E-state index >= 15 is 0 Å². The summed E-state index contributed by atoms with van der Waals surface area (Å²) in [7, 11) is 0. The van der Waals surface area contributed by atoms with Crippen LogP contribution in [-0.2, 0) is 0 Å². The summed E-state index contributed by atoms with van der Waals surface area (Å²) in [5.41, 5.74) is 14.0. The molecule has 236 valence electrons. The third-order valence-corrected chi connectivity index (χ3v) is 11.2. The summed E-state index contributed by atoms with van der Waals surface area (Å²) in [4.78, 5) is 0. The van der Waals surface area contributed by atoms with Crippen LogP contribution in [0.4, 0.5) is 11.4 Å². The van der Waals surface area contributed by atoms with Gasteiger partial charge in [-0.05, 0) is 72.3 Å². The van der Waals surface area contributed by atoms with Crippen LogP contribution in [-0.4, -0.2) is 11.1 Å². The Labute approximate surface area is 293 Å². The standard InChI is InChI=1S/C46H27N4O/c47-25-28-17-19-41(49-39-13-5-1-9-30(39)31-10-2-6-14-40(31)49)35(21-28)36-22-29(26-48)18-20-43(36)50-27-44(50)37-24-46-38(33-12-4-8-16-45(33)51-46)23-34(37)32-11-3-7-15-42(32)50/h1-24,44H,27H2/q+1. The molecule has 5 nitrogen and oxygen atoms in total. The van der Waals surface area contributed by atoms with E-state index in [-0.39, 0.29) is 6.04 Å². The van der Waals surface area contributed by atoms with Crippen molar-refractivity contribution in [2.75, 3.05) is 6.54 Å². The minimum atomic E-state index is 0.162. The van der Waals surface area contributed by atoms with Crippen molar-refractivity contribution in [1.29, 1.82) is 10.5 Å². The number of hydrogen-bond acceptors (Lipinski definition) is 3. The Morgan fingerprint density at radius 3 is 1.92 bits per heavy atom. The van der Waals surface area contributed by atoms with Crippen molar-refractivity contribution in [3.05, 3.63) is 162 Å². The first-order chi connectivity index (χ1) is 25.2. The molecule has 1 fully saturated rings. The van der Waals surface area contributed by atoms with Gasteiger partial charge in [0.1, 0.15) is 29.1 Å². The number of furan rings is 1. The van der Waals surface area contributed by atoms with Gasteiger partial charge in [-0.3, -0.25) is 0 Å². The minimum absolute atomic E-state index is 0.162. The average Bonchev–Trinajstić information content (AvgIpc) is 3.74. The van der Waals surface area contributed by atoms with Gasteiger partial charge in [-0.15, -0.1) is 0 Å². The molecule has 5 heteroatoms. The second-order valence-corrected chi connectivity index (χ2v) is 13.7. The first kappa shape index (κ1) is 28.0. The lowest BCUT2D eigenvalue weighted by molar-refractivity contribution is 0.658. The number of quaternary nitrogens is 1. The minimum Gasteiger partial charge on any atom is -0.456 e. The summed E-state index contributed by atoms with van der Waals surface area (Å²) >= 11 is 0. The van der Waals surface area contributed by atoms with Crippen LogP contribution >= 0.6 is 0 Å². The second kappa shape index (κ2) is 10.1. The lowest BCUT2D eigenvalue weighted by Crippen LogP contribution is -2.24. The van der Waals surface area contributed by atoms with Gasteiger partial charge in [0.2, 0.25) is 0 Å². The zero-order chi connectivity index (χ0) is 33.8. The first-order valence-corrected chi connectivity index (χ1v) is 17.2. The molecule has 2 unspecified atom stereocenters. The molecule has 0 spiro atoms. The summed E-state index contributed by atoms with van der Waals surface area (Å²) in [6.45, 7) is 0.872. The fourth-order valence-corrected chi connectivity index (χ4v) is 8.94. The SMILES string of the molecule is N#Cc1ccc(-n2c3ccccc3c3ccccc32)c(-c2cc(C#N)ccc2[N+]23CC2c2cc4oc5ccccc5c4cc2-c2ccccc23)c1. The summed E-state index contributed by atoms with van der Waals surface area (Å²) in [5, 5.41) is 25.0. The fraction of sp³-hybridized carbons (Fsp3) is 0.0435. The Balaban J connectivity index is 1.20. The van der Waals surface area contributed by atoms with Crippen molar-refractivity contribution in [1.82, 2.24) is 9.05 Å². The molecule has 0 amide bonds. The Bertz CT molecular complexity index is 3010. The maximum Gasteiger partial charge on any atom is 0.175 e. The smallest absolute Gasteiger partial charge is 0.175 e. The van der Waals surface area contributed by atoms with E-state index in [1.807, 2.05) is 36.4 Å². The maximum absolute atomic E-state index is 10.2. The van der Waals surface area contributed by atoms with E-state index in [0.717, 1.165) is 62.0 Å².